The molecule has 0 radical (unpaired) electrons. The third-order valence-corrected chi connectivity index (χ3v) is 5.49. The Morgan fingerprint density at radius 2 is 1.72 bits per heavy atom. The van der Waals surface area contributed by atoms with E-state index in [-0.39, 0.29) is 16.9 Å². The summed E-state index contributed by atoms with van der Waals surface area (Å²) in [6.45, 7) is 0. The highest BCUT2D eigenvalue weighted by atomic mass is 35.5. The second kappa shape index (κ2) is 8.72. The molecule has 2 heterocycles. The molecule has 32 heavy (non-hydrogen) atoms. The van der Waals surface area contributed by atoms with Crippen molar-refractivity contribution in [1.82, 2.24) is 4.98 Å². The molecule has 7 nitrogen and oxygen atoms in total. The normalized spacial score (nSPS) is 17.5. The van der Waals surface area contributed by atoms with Crippen LogP contribution in [0.1, 0.15) is 17.3 Å². The van der Waals surface area contributed by atoms with Crippen LogP contribution in [0.25, 0.3) is 5.76 Å². The lowest BCUT2D eigenvalue weighted by atomic mass is 9.98. The van der Waals surface area contributed by atoms with Crippen molar-refractivity contribution in [3.05, 3.63) is 88.7 Å². The van der Waals surface area contributed by atoms with Gasteiger partial charge in [-0.15, -0.1) is 0 Å². The molecule has 1 saturated heterocycles. The Hall–Kier alpha value is -3.84. The maximum atomic E-state index is 13.2. The van der Waals surface area contributed by atoms with Crippen molar-refractivity contribution < 1.29 is 24.2 Å². The smallest absolute Gasteiger partial charge is 0.300 e. The molecular weight excluding hydrogens is 432 g/mol. The minimum Gasteiger partial charge on any atom is -0.507 e. The number of pyridine rings is 1. The number of benzene rings is 2. The summed E-state index contributed by atoms with van der Waals surface area (Å²) in [7, 11) is 2.92. The molecule has 4 rings (SSSR count). The molecule has 1 aromatic heterocycles. The van der Waals surface area contributed by atoms with Gasteiger partial charge in [0.05, 0.1) is 36.2 Å². The van der Waals surface area contributed by atoms with Gasteiger partial charge in [-0.1, -0.05) is 29.8 Å². The minimum atomic E-state index is -0.964. The van der Waals surface area contributed by atoms with Gasteiger partial charge in [-0.3, -0.25) is 19.5 Å². The first-order valence-electron chi connectivity index (χ1n) is 9.66. The van der Waals surface area contributed by atoms with Gasteiger partial charge in [0.25, 0.3) is 11.7 Å². The van der Waals surface area contributed by atoms with Crippen LogP contribution in [0.2, 0.25) is 5.02 Å². The first kappa shape index (κ1) is 21.4. The van der Waals surface area contributed by atoms with Gasteiger partial charge in [-0.05, 0) is 42.5 Å². The third-order valence-electron chi connectivity index (χ3n) is 5.18. The molecule has 3 aromatic rings. The number of methoxy groups -OCH3 is 2. The fourth-order valence-corrected chi connectivity index (χ4v) is 3.88. The van der Waals surface area contributed by atoms with Crippen LogP contribution in [-0.2, 0) is 9.59 Å². The molecule has 0 saturated carbocycles. The third kappa shape index (κ3) is 3.56. The number of aromatic nitrogens is 1. The van der Waals surface area contributed by atoms with Crippen molar-refractivity contribution in [3.63, 3.8) is 0 Å². The van der Waals surface area contributed by atoms with E-state index in [1.807, 2.05) is 0 Å². The van der Waals surface area contributed by atoms with Gasteiger partial charge in [0.1, 0.15) is 23.3 Å². The van der Waals surface area contributed by atoms with Gasteiger partial charge >= 0.3 is 0 Å². The molecule has 162 valence electrons. The predicted octanol–water partition coefficient (Wildman–Crippen LogP) is 4.38. The molecule has 2 aromatic carbocycles. The second-order valence-corrected chi connectivity index (χ2v) is 7.35. The highest BCUT2D eigenvalue weighted by molar-refractivity contribution is 6.51. The highest BCUT2D eigenvalue weighted by Crippen LogP contribution is 2.44. The van der Waals surface area contributed by atoms with Crippen molar-refractivity contribution in [2.45, 2.75) is 6.04 Å². The first-order chi connectivity index (χ1) is 15.5. The molecule has 1 aliphatic rings. The number of nitrogens with zero attached hydrogens (tertiary/aromatic N) is 2. The van der Waals surface area contributed by atoms with Crippen LogP contribution < -0.4 is 14.4 Å². The Morgan fingerprint density at radius 3 is 2.41 bits per heavy atom. The largest absolute Gasteiger partial charge is 0.507 e. The van der Waals surface area contributed by atoms with Gasteiger partial charge in [0.2, 0.25) is 0 Å². The summed E-state index contributed by atoms with van der Waals surface area (Å²) >= 11 is 6.10. The lowest BCUT2D eigenvalue weighted by Crippen LogP contribution is -2.30. The molecule has 1 aliphatic heterocycles. The van der Waals surface area contributed by atoms with E-state index in [9.17, 15) is 14.7 Å². The number of ketones is 1. The maximum absolute atomic E-state index is 13.2. The number of para-hydroxylation sites is 2. The number of anilines is 1. The molecule has 1 amide bonds. The number of carbonyl (C=O) groups is 2. The van der Waals surface area contributed by atoms with Crippen LogP contribution in [0, 0.1) is 0 Å². The van der Waals surface area contributed by atoms with E-state index in [2.05, 4.69) is 4.98 Å². The second-order valence-electron chi connectivity index (χ2n) is 6.94. The molecule has 1 fully saturated rings. The lowest BCUT2D eigenvalue weighted by Gasteiger charge is -2.26. The number of Topliss-reactive ketones (excluding diaryl/α,β-unsaturated/α-hetero) is 1. The fraction of sp³-hybridized carbons (Fsp3) is 0.125. The summed E-state index contributed by atoms with van der Waals surface area (Å²) < 4.78 is 10.6. The van der Waals surface area contributed by atoms with Gasteiger partial charge < -0.3 is 14.6 Å². The average Bonchev–Trinajstić information content (AvgIpc) is 3.09. The Balaban J connectivity index is 1.96. The highest BCUT2D eigenvalue weighted by Gasteiger charge is 2.48. The number of halogens is 1. The maximum Gasteiger partial charge on any atom is 0.300 e. The van der Waals surface area contributed by atoms with E-state index in [1.54, 1.807) is 60.8 Å². The van der Waals surface area contributed by atoms with Crippen molar-refractivity contribution in [1.29, 1.82) is 0 Å². The summed E-state index contributed by atoms with van der Waals surface area (Å²) in [6, 6.07) is 15.6. The summed E-state index contributed by atoms with van der Waals surface area (Å²) in [6.07, 6.45) is 1.56. The van der Waals surface area contributed by atoms with Gasteiger partial charge in [0.15, 0.2) is 0 Å². The van der Waals surface area contributed by atoms with Crippen LogP contribution in [0.5, 0.6) is 11.5 Å². The SMILES string of the molecule is COc1cc(/C(O)=C2/C(=O)C(=O)N(c3ccccc3OC)C2c2ccccn2)ccc1Cl. The standard InChI is InChI=1S/C24H19ClN2O5/c1-31-18-9-4-3-8-17(18)27-21(16-7-5-6-12-26-16)20(23(29)24(27)30)22(28)14-10-11-15(25)19(13-14)32-2/h3-13,21,28H,1-2H3/b22-20-. The number of aliphatic hydroxyl groups is 1. The molecule has 8 heteroatoms. The molecule has 1 atom stereocenters. The summed E-state index contributed by atoms with van der Waals surface area (Å²) in [5, 5.41) is 11.5. The summed E-state index contributed by atoms with van der Waals surface area (Å²) in [5.74, 6) is -1.26. The Morgan fingerprint density at radius 1 is 1.00 bits per heavy atom. The van der Waals surface area contributed by atoms with Gasteiger partial charge in [-0.25, -0.2) is 0 Å². The van der Waals surface area contributed by atoms with Crippen LogP contribution in [0.4, 0.5) is 5.69 Å². The molecule has 1 unspecified atom stereocenters. The molecule has 0 aliphatic carbocycles. The number of amides is 1. The van der Waals surface area contributed by atoms with Crippen molar-refractivity contribution in [2.75, 3.05) is 19.1 Å². The summed E-state index contributed by atoms with van der Waals surface area (Å²) in [5.41, 5.74) is 0.995. The quantitative estimate of drug-likeness (QED) is 0.352. The monoisotopic (exact) mass is 450 g/mol. The van der Waals surface area contributed by atoms with Crippen LogP contribution >= 0.6 is 11.6 Å². The number of rotatable bonds is 5. The number of hydrogen-bond donors (Lipinski definition) is 1. The molecular formula is C24H19ClN2O5. The molecule has 0 bridgehead atoms. The van der Waals surface area contributed by atoms with E-state index in [0.29, 0.717) is 27.9 Å². The predicted molar refractivity (Wildman–Crippen MR) is 120 cm³/mol. The van der Waals surface area contributed by atoms with Crippen LogP contribution in [0.3, 0.4) is 0 Å². The van der Waals surface area contributed by atoms with Crippen molar-refractivity contribution >= 4 is 34.7 Å². The van der Waals surface area contributed by atoms with Gasteiger partial charge in [0, 0.05) is 11.8 Å². The average molecular weight is 451 g/mol. The van der Waals surface area contributed by atoms with Crippen LogP contribution in [-0.4, -0.2) is 36.0 Å². The number of hydrogen-bond acceptors (Lipinski definition) is 6. The minimum absolute atomic E-state index is 0.0935. The summed E-state index contributed by atoms with van der Waals surface area (Å²) in [4.78, 5) is 32.0. The Labute approximate surface area is 189 Å². The van der Waals surface area contributed by atoms with Crippen molar-refractivity contribution in [3.8, 4) is 11.5 Å². The first-order valence-corrected chi connectivity index (χ1v) is 10.0. The fourth-order valence-electron chi connectivity index (χ4n) is 3.69. The Kier molecular flexibility index (Phi) is 5.83. The van der Waals surface area contributed by atoms with Crippen molar-refractivity contribution in [2.24, 2.45) is 0 Å². The zero-order valence-corrected chi connectivity index (χ0v) is 18.0. The van der Waals surface area contributed by atoms with E-state index < -0.39 is 17.7 Å². The Bertz CT molecular complexity index is 1230. The zero-order valence-electron chi connectivity index (χ0n) is 17.3. The number of aliphatic hydroxyl groups excluding tert-OH is 1. The van der Waals surface area contributed by atoms with Crippen LogP contribution in [0.15, 0.2) is 72.4 Å². The topological polar surface area (TPSA) is 89.0 Å². The molecule has 0 spiro atoms. The number of ether oxygens (including phenoxy) is 2. The van der Waals surface area contributed by atoms with E-state index in [1.165, 1.54) is 25.2 Å². The van der Waals surface area contributed by atoms with E-state index in [0.717, 1.165) is 0 Å². The number of carbonyl (C=O) groups excluding carboxylic acids is 2. The van der Waals surface area contributed by atoms with E-state index >= 15 is 0 Å². The lowest BCUT2D eigenvalue weighted by molar-refractivity contribution is -0.132. The van der Waals surface area contributed by atoms with Gasteiger partial charge in [-0.2, -0.15) is 0 Å². The molecule has 1 N–H and O–H groups in total. The zero-order chi connectivity index (χ0) is 22.8. The van der Waals surface area contributed by atoms with E-state index in [4.69, 9.17) is 21.1 Å².